The van der Waals surface area contributed by atoms with E-state index in [-0.39, 0.29) is 24.2 Å². The highest BCUT2D eigenvalue weighted by molar-refractivity contribution is 5.94. The van der Waals surface area contributed by atoms with E-state index < -0.39 is 0 Å². The molecule has 3 rings (SSSR count). The lowest BCUT2D eigenvalue weighted by Gasteiger charge is -2.34. The van der Waals surface area contributed by atoms with E-state index in [1.165, 1.54) is 6.07 Å². The second kappa shape index (κ2) is 8.30. The number of halogens is 1. The molecule has 0 bridgehead atoms. The molecule has 0 saturated carbocycles. The van der Waals surface area contributed by atoms with E-state index in [1.807, 2.05) is 13.0 Å². The molecule has 2 heterocycles. The van der Waals surface area contributed by atoms with Crippen molar-refractivity contribution in [3.05, 3.63) is 53.1 Å². The van der Waals surface area contributed by atoms with Crippen LogP contribution in [-0.4, -0.2) is 64.1 Å². The van der Waals surface area contributed by atoms with Gasteiger partial charge in [-0.15, -0.1) is 0 Å². The lowest BCUT2D eigenvalue weighted by molar-refractivity contribution is -0.131. The summed E-state index contributed by atoms with van der Waals surface area (Å²) in [6.45, 7) is 4.81. The average Bonchev–Trinajstić information content (AvgIpc) is 3.01. The summed E-state index contributed by atoms with van der Waals surface area (Å²) >= 11 is 0. The van der Waals surface area contributed by atoms with Gasteiger partial charge < -0.3 is 10.2 Å². The van der Waals surface area contributed by atoms with Gasteiger partial charge in [-0.2, -0.15) is 5.10 Å². The van der Waals surface area contributed by atoms with Crippen LogP contribution in [0.1, 0.15) is 21.7 Å². The van der Waals surface area contributed by atoms with E-state index in [2.05, 4.69) is 15.3 Å². The Morgan fingerprint density at radius 2 is 1.89 bits per heavy atom. The van der Waals surface area contributed by atoms with E-state index in [4.69, 9.17) is 0 Å². The number of hydrogen-bond donors (Lipinski definition) is 1. The quantitative estimate of drug-likeness (QED) is 0.847. The van der Waals surface area contributed by atoms with E-state index >= 15 is 0 Å². The predicted octanol–water partition coefficient (Wildman–Crippen LogP) is 0.942. The summed E-state index contributed by atoms with van der Waals surface area (Å²) in [6.07, 6.45) is 0. The lowest BCUT2D eigenvalue weighted by Crippen LogP contribution is -2.50. The standard InChI is InChI=1S/C19H24FN5O2/c1-14-11-17(22-23(14)2)19(27)21-12-18(26)25-9-7-24(8-10-25)13-15-5-3-4-6-16(15)20/h3-6,11H,7-10,12-13H2,1-2H3,(H,21,27). The first-order valence-corrected chi connectivity index (χ1v) is 8.96. The van der Waals surface area contributed by atoms with Crippen LogP contribution in [0.25, 0.3) is 0 Å². The molecule has 0 radical (unpaired) electrons. The molecule has 2 amide bonds. The highest BCUT2D eigenvalue weighted by Crippen LogP contribution is 2.12. The zero-order valence-corrected chi connectivity index (χ0v) is 15.6. The second-order valence-corrected chi connectivity index (χ2v) is 6.73. The average molecular weight is 373 g/mol. The maximum absolute atomic E-state index is 13.8. The fourth-order valence-electron chi connectivity index (χ4n) is 3.05. The van der Waals surface area contributed by atoms with Crippen molar-refractivity contribution in [3.63, 3.8) is 0 Å². The van der Waals surface area contributed by atoms with Crippen LogP contribution in [0.2, 0.25) is 0 Å². The van der Waals surface area contributed by atoms with Crippen LogP contribution < -0.4 is 5.32 Å². The predicted molar refractivity (Wildman–Crippen MR) is 98.5 cm³/mol. The number of nitrogens with zero attached hydrogens (tertiary/aromatic N) is 4. The summed E-state index contributed by atoms with van der Waals surface area (Å²) < 4.78 is 15.4. The minimum absolute atomic E-state index is 0.0538. The molecule has 1 aliphatic heterocycles. The molecule has 0 atom stereocenters. The molecule has 27 heavy (non-hydrogen) atoms. The van der Waals surface area contributed by atoms with Crippen LogP contribution in [0, 0.1) is 12.7 Å². The molecule has 7 nitrogen and oxygen atoms in total. The fraction of sp³-hybridized carbons (Fsp3) is 0.421. The molecule has 0 aliphatic carbocycles. The Labute approximate surface area is 157 Å². The molecule has 144 valence electrons. The molecule has 1 aliphatic rings. The van der Waals surface area contributed by atoms with Gasteiger partial charge in [-0.3, -0.25) is 19.2 Å². The SMILES string of the molecule is Cc1cc(C(=O)NCC(=O)N2CCN(Cc3ccccc3F)CC2)nn1C. The highest BCUT2D eigenvalue weighted by Gasteiger charge is 2.22. The number of rotatable bonds is 5. The Hall–Kier alpha value is -2.74. The minimum atomic E-state index is -0.356. The maximum atomic E-state index is 13.8. The van der Waals surface area contributed by atoms with Crippen molar-refractivity contribution in [3.8, 4) is 0 Å². The Morgan fingerprint density at radius 1 is 1.19 bits per heavy atom. The normalized spacial score (nSPS) is 15.0. The largest absolute Gasteiger partial charge is 0.342 e. The Kier molecular flexibility index (Phi) is 5.85. The van der Waals surface area contributed by atoms with Crippen LogP contribution in [0.3, 0.4) is 0 Å². The van der Waals surface area contributed by atoms with Gasteiger partial charge in [0, 0.05) is 51.0 Å². The van der Waals surface area contributed by atoms with E-state index in [9.17, 15) is 14.0 Å². The van der Waals surface area contributed by atoms with Crippen molar-refractivity contribution in [2.45, 2.75) is 13.5 Å². The van der Waals surface area contributed by atoms with Gasteiger partial charge >= 0.3 is 0 Å². The van der Waals surface area contributed by atoms with Gasteiger partial charge in [-0.05, 0) is 19.1 Å². The lowest BCUT2D eigenvalue weighted by atomic mass is 10.2. The molecule has 0 spiro atoms. The minimum Gasteiger partial charge on any atom is -0.342 e. The molecule has 1 fully saturated rings. The van der Waals surface area contributed by atoms with E-state index in [0.717, 1.165) is 5.69 Å². The number of carbonyl (C=O) groups excluding carboxylic acids is 2. The fourth-order valence-corrected chi connectivity index (χ4v) is 3.05. The van der Waals surface area contributed by atoms with Gasteiger partial charge in [0.25, 0.3) is 5.91 Å². The molecule has 1 aromatic carbocycles. The number of amides is 2. The van der Waals surface area contributed by atoms with Crippen LogP contribution in [0.5, 0.6) is 0 Å². The van der Waals surface area contributed by atoms with Crippen LogP contribution >= 0.6 is 0 Å². The maximum Gasteiger partial charge on any atom is 0.272 e. The summed E-state index contributed by atoms with van der Waals surface area (Å²) in [6, 6.07) is 8.42. The molecular formula is C19H24FN5O2. The first-order chi connectivity index (χ1) is 12.9. The summed E-state index contributed by atoms with van der Waals surface area (Å²) in [7, 11) is 1.76. The topological polar surface area (TPSA) is 70.5 Å². The summed E-state index contributed by atoms with van der Waals surface area (Å²) in [4.78, 5) is 28.3. The van der Waals surface area contributed by atoms with Gasteiger partial charge in [0.05, 0.1) is 6.54 Å². The molecule has 0 unspecified atom stereocenters. The molecule has 1 aromatic heterocycles. The number of benzene rings is 1. The molecule has 1 saturated heterocycles. The van der Waals surface area contributed by atoms with E-state index in [0.29, 0.717) is 44.0 Å². The summed E-state index contributed by atoms with van der Waals surface area (Å²) in [5.74, 6) is -0.685. The monoisotopic (exact) mass is 373 g/mol. The number of piperazine rings is 1. The Balaban J connectivity index is 1.44. The van der Waals surface area contributed by atoms with Crippen LogP contribution in [0.4, 0.5) is 4.39 Å². The van der Waals surface area contributed by atoms with Crippen molar-refractivity contribution in [2.75, 3.05) is 32.7 Å². The third-order valence-corrected chi connectivity index (χ3v) is 4.82. The Bertz CT molecular complexity index is 808. The summed E-state index contributed by atoms with van der Waals surface area (Å²) in [5, 5.41) is 6.73. The van der Waals surface area contributed by atoms with Crippen molar-refractivity contribution < 1.29 is 14.0 Å². The van der Waals surface area contributed by atoms with Gasteiger partial charge in [0.1, 0.15) is 11.5 Å². The van der Waals surface area contributed by atoms with Crippen LogP contribution in [-0.2, 0) is 18.4 Å². The van der Waals surface area contributed by atoms with Gasteiger partial charge in [-0.1, -0.05) is 18.2 Å². The van der Waals surface area contributed by atoms with Gasteiger partial charge in [-0.25, -0.2) is 4.39 Å². The number of aryl methyl sites for hydroxylation is 2. The van der Waals surface area contributed by atoms with Crippen molar-refractivity contribution in [1.82, 2.24) is 24.9 Å². The Morgan fingerprint density at radius 3 is 2.52 bits per heavy atom. The van der Waals surface area contributed by atoms with Crippen molar-refractivity contribution >= 4 is 11.8 Å². The third-order valence-electron chi connectivity index (χ3n) is 4.82. The number of nitrogens with one attached hydrogen (secondary N) is 1. The van der Waals surface area contributed by atoms with Crippen molar-refractivity contribution in [1.29, 1.82) is 0 Å². The van der Waals surface area contributed by atoms with Crippen molar-refractivity contribution in [2.24, 2.45) is 7.05 Å². The zero-order chi connectivity index (χ0) is 19.4. The van der Waals surface area contributed by atoms with E-state index in [1.54, 1.807) is 34.8 Å². The molecular weight excluding hydrogens is 349 g/mol. The first-order valence-electron chi connectivity index (χ1n) is 8.96. The molecule has 8 heteroatoms. The number of carbonyl (C=O) groups is 2. The number of hydrogen-bond acceptors (Lipinski definition) is 4. The first kappa shape index (κ1) is 19.0. The van der Waals surface area contributed by atoms with Crippen LogP contribution in [0.15, 0.2) is 30.3 Å². The second-order valence-electron chi connectivity index (χ2n) is 6.73. The number of aromatic nitrogens is 2. The van der Waals surface area contributed by atoms with Gasteiger partial charge in [0.15, 0.2) is 0 Å². The smallest absolute Gasteiger partial charge is 0.272 e. The summed E-state index contributed by atoms with van der Waals surface area (Å²) in [5.41, 5.74) is 1.84. The van der Waals surface area contributed by atoms with Gasteiger partial charge in [0.2, 0.25) is 5.91 Å². The molecule has 1 N–H and O–H groups in total. The third kappa shape index (κ3) is 4.71. The zero-order valence-electron chi connectivity index (χ0n) is 15.6. The molecule has 2 aromatic rings. The highest BCUT2D eigenvalue weighted by atomic mass is 19.1.